The highest BCUT2D eigenvalue weighted by molar-refractivity contribution is 6.99. The molecule has 0 N–H and O–H groups in total. The fraction of sp³-hybridized carbons (Fsp3) is 0.558. The average molecular weight is 917 g/mol. The van der Waals surface area contributed by atoms with Gasteiger partial charge >= 0.3 is 5.97 Å². The van der Waals surface area contributed by atoms with Gasteiger partial charge in [-0.1, -0.05) is 159 Å². The largest absolute Gasteiger partial charge is 0.467 e. The van der Waals surface area contributed by atoms with E-state index < -0.39 is 48.7 Å². The van der Waals surface area contributed by atoms with Crippen LogP contribution in [-0.4, -0.2) is 81.4 Å². The monoisotopic (exact) mass is 917 g/mol. The molecule has 1 saturated heterocycles. The van der Waals surface area contributed by atoms with Crippen molar-refractivity contribution in [3.63, 3.8) is 0 Å². The molecule has 1 aliphatic rings. The van der Waals surface area contributed by atoms with Crippen molar-refractivity contribution in [2.24, 2.45) is 5.92 Å². The van der Waals surface area contributed by atoms with Crippen LogP contribution in [0.5, 0.6) is 5.75 Å². The van der Waals surface area contributed by atoms with Gasteiger partial charge in [0.2, 0.25) is 0 Å². The summed E-state index contributed by atoms with van der Waals surface area (Å²) < 4.78 is 45.3. The summed E-state index contributed by atoms with van der Waals surface area (Å²) in [5.41, 5.74) is 2.05. The van der Waals surface area contributed by atoms with Gasteiger partial charge in [0.25, 0.3) is 8.32 Å². The molecule has 4 rings (SSSR count). The third-order valence-corrected chi connectivity index (χ3v) is 23.8. The summed E-state index contributed by atoms with van der Waals surface area (Å²) >= 11 is 0. The van der Waals surface area contributed by atoms with Gasteiger partial charge in [-0.3, -0.25) is 0 Å². The molecule has 3 aromatic carbocycles. The maximum absolute atomic E-state index is 13.7. The summed E-state index contributed by atoms with van der Waals surface area (Å²) in [6.45, 7) is 35.8. The maximum atomic E-state index is 13.7. The van der Waals surface area contributed by atoms with Crippen LogP contribution in [0.4, 0.5) is 0 Å². The van der Waals surface area contributed by atoms with E-state index >= 15 is 0 Å². The first-order valence-electron chi connectivity index (χ1n) is 22.8. The van der Waals surface area contributed by atoms with Gasteiger partial charge in [-0.05, 0) is 96.8 Å². The van der Waals surface area contributed by atoms with Crippen molar-refractivity contribution in [3.8, 4) is 5.75 Å². The molecule has 0 bridgehead atoms. The quantitative estimate of drug-likeness (QED) is 0.0480. The van der Waals surface area contributed by atoms with E-state index in [0.29, 0.717) is 29.9 Å². The first kappa shape index (κ1) is 52.5. The molecule has 3 aromatic rings. The zero-order valence-corrected chi connectivity index (χ0v) is 44.7. The molecule has 348 valence electrons. The molecule has 11 heteroatoms. The number of ether oxygens (including phenoxy) is 5. The van der Waals surface area contributed by atoms with Crippen molar-refractivity contribution >= 4 is 47.1 Å². The van der Waals surface area contributed by atoms with E-state index in [-0.39, 0.29) is 35.0 Å². The predicted octanol–water partition coefficient (Wildman–Crippen LogP) is 11.9. The Labute approximate surface area is 384 Å². The van der Waals surface area contributed by atoms with Gasteiger partial charge in [-0.2, -0.15) is 0 Å². The fourth-order valence-electron chi connectivity index (χ4n) is 7.79. The summed E-state index contributed by atoms with van der Waals surface area (Å²) in [4.78, 5) is 13.7. The molecule has 63 heavy (non-hydrogen) atoms. The topological polar surface area (TPSA) is 81.7 Å². The number of methoxy groups -OCH3 is 1. The number of aryl methyl sites for hydroxylation is 1. The van der Waals surface area contributed by atoms with Crippen LogP contribution in [-0.2, 0) is 27.8 Å². The molecule has 0 aromatic heterocycles. The van der Waals surface area contributed by atoms with Gasteiger partial charge in [0.05, 0.1) is 18.8 Å². The first-order valence-corrected chi connectivity index (χ1v) is 31.3. The van der Waals surface area contributed by atoms with E-state index in [0.717, 1.165) is 11.6 Å². The summed E-state index contributed by atoms with van der Waals surface area (Å²) in [6, 6.07) is 26.3. The summed E-state index contributed by atoms with van der Waals surface area (Å²) in [6.07, 6.45) is 7.78. The number of rotatable bonds is 20. The standard InChI is InChI=1S/C52H80O8Si3/c1-38-35-41(47(46(36-38)56-37-54-12)49(53)55-33-34-61(13,14)15)25-24-30-44-48(58-52(10,11)57-44)45(60-62(16,17)50(4,5)6)32-31-39(2)40(3)59-63(51(7,8)9,42-26-20-18-21-27-42)43-28-22-19-23-29-43/h18-29,31-32,35-36,39-40,44-45,48H,30,33-34,37H2,1-17H3/b25-24+,32-31-/t39-,40-,44+,45?,48+/m1/s1. The van der Waals surface area contributed by atoms with Gasteiger partial charge in [0.15, 0.2) is 20.9 Å². The predicted molar refractivity (Wildman–Crippen MR) is 268 cm³/mol. The zero-order valence-electron chi connectivity index (χ0n) is 41.7. The molecule has 0 saturated carbocycles. The molecule has 0 amide bonds. The van der Waals surface area contributed by atoms with Gasteiger partial charge in [-0.25, -0.2) is 4.79 Å². The van der Waals surface area contributed by atoms with E-state index in [2.05, 4.69) is 167 Å². The number of esters is 1. The third-order valence-electron chi connectivity index (χ3n) is 12.5. The Bertz CT molecular complexity index is 1940. The molecule has 1 heterocycles. The number of carbonyl (C=O) groups excluding carboxylic acids is 1. The minimum atomic E-state index is -2.79. The van der Waals surface area contributed by atoms with Crippen LogP contribution in [0.2, 0.25) is 48.9 Å². The number of hydrogen-bond acceptors (Lipinski definition) is 8. The average Bonchev–Trinajstić information content (AvgIpc) is 3.49. The molecular formula is C52H80O8Si3. The van der Waals surface area contributed by atoms with Crippen LogP contribution in [0.3, 0.4) is 0 Å². The first-order chi connectivity index (χ1) is 29.2. The van der Waals surface area contributed by atoms with E-state index in [1.165, 1.54) is 10.4 Å². The number of hydrogen-bond donors (Lipinski definition) is 0. The lowest BCUT2D eigenvalue weighted by atomic mass is 9.99. The Kier molecular flexibility index (Phi) is 17.9. The highest BCUT2D eigenvalue weighted by Crippen LogP contribution is 2.42. The molecular weight excluding hydrogens is 837 g/mol. The Hall–Kier alpha value is -3.14. The smallest absolute Gasteiger partial charge is 0.342 e. The van der Waals surface area contributed by atoms with Gasteiger partial charge < -0.3 is 32.5 Å². The van der Waals surface area contributed by atoms with Crippen molar-refractivity contribution in [2.75, 3.05) is 20.5 Å². The van der Waals surface area contributed by atoms with Crippen molar-refractivity contribution < 1.29 is 37.3 Å². The van der Waals surface area contributed by atoms with E-state index in [1.54, 1.807) is 7.11 Å². The normalized spacial score (nSPS) is 19.1. The van der Waals surface area contributed by atoms with Crippen LogP contribution < -0.4 is 15.1 Å². The Morgan fingerprint density at radius 1 is 0.825 bits per heavy atom. The summed E-state index contributed by atoms with van der Waals surface area (Å²) in [5.74, 6) is -0.767. The molecule has 0 aliphatic carbocycles. The SMILES string of the molecule is COCOc1cc(C)cc(/C=C/C[C@@H]2OC(C)(C)O[C@@H]2C(/C=C\[C@@H](C)[C@@H](C)O[Si](c2ccccc2)(c2ccccc2)C(C)(C)C)O[Si](C)(C)C(C)(C)C)c1C(=O)OCC[Si](C)(C)C. The minimum absolute atomic E-state index is 0.0118. The number of benzene rings is 3. The molecule has 8 nitrogen and oxygen atoms in total. The van der Waals surface area contributed by atoms with Crippen molar-refractivity contribution in [1.29, 1.82) is 0 Å². The fourth-order valence-corrected chi connectivity index (χ4v) is 14.5. The highest BCUT2D eigenvalue weighted by Gasteiger charge is 2.52. The Balaban J connectivity index is 1.70. The Morgan fingerprint density at radius 3 is 1.94 bits per heavy atom. The summed E-state index contributed by atoms with van der Waals surface area (Å²) in [5, 5.41) is 2.34. The lowest BCUT2D eigenvalue weighted by Gasteiger charge is -2.45. The second kappa shape index (κ2) is 21.4. The van der Waals surface area contributed by atoms with Gasteiger partial charge in [-0.15, -0.1) is 0 Å². The van der Waals surface area contributed by atoms with Gasteiger partial charge in [0.1, 0.15) is 17.4 Å². The lowest BCUT2D eigenvalue weighted by Crippen LogP contribution is -2.67. The van der Waals surface area contributed by atoms with E-state index in [4.69, 9.17) is 32.5 Å². The maximum Gasteiger partial charge on any atom is 0.342 e. The molecule has 0 radical (unpaired) electrons. The van der Waals surface area contributed by atoms with Crippen molar-refractivity contribution in [3.05, 3.63) is 108 Å². The van der Waals surface area contributed by atoms with Crippen molar-refractivity contribution in [2.45, 2.75) is 162 Å². The second-order valence-corrected chi connectivity index (χ2v) is 36.2. The number of carbonyl (C=O) groups is 1. The molecule has 1 fully saturated rings. The molecule has 0 spiro atoms. The van der Waals surface area contributed by atoms with Crippen molar-refractivity contribution in [1.82, 2.24) is 0 Å². The van der Waals surface area contributed by atoms with Crippen LogP contribution >= 0.6 is 0 Å². The molecule has 1 aliphatic heterocycles. The van der Waals surface area contributed by atoms with E-state index in [9.17, 15) is 4.79 Å². The van der Waals surface area contributed by atoms with Crippen LogP contribution in [0.1, 0.15) is 97.1 Å². The van der Waals surface area contributed by atoms with E-state index in [1.807, 2.05) is 39.0 Å². The van der Waals surface area contributed by atoms with Crippen LogP contribution in [0.25, 0.3) is 6.08 Å². The third kappa shape index (κ3) is 13.9. The lowest BCUT2D eigenvalue weighted by molar-refractivity contribution is -0.151. The highest BCUT2D eigenvalue weighted by atomic mass is 28.4. The Morgan fingerprint density at radius 2 is 1.41 bits per heavy atom. The zero-order chi connectivity index (χ0) is 47.0. The minimum Gasteiger partial charge on any atom is -0.467 e. The van der Waals surface area contributed by atoms with Gasteiger partial charge in [0, 0.05) is 21.3 Å². The summed E-state index contributed by atoms with van der Waals surface area (Å²) in [7, 11) is -4.96. The van der Waals surface area contributed by atoms with Crippen LogP contribution in [0.15, 0.2) is 91.0 Å². The second-order valence-electron chi connectivity index (χ2n) is 21.6. The van der Waals surface area contributed by atoms with Crippen LogP contribution in [0, 0.1) is 12.8 Å². The molecule has 1 unspecified atom stereocenters. The molecule has 5 atom stereocenters.